The number of benzene rings is 4. The quantitative estimate of drug-likeness (QED) is 0.100. The summed E-state index contributed by atoms with van der Waals surface area (Å²) in [6.07, 6.45) is 0.816. The molecule has 0 bridgehead atoms. The second kappa shape index (κ2) is 16.6. The minimum Gasteiger partial charge on any atom is -0.494 e. The van der Waals surface area contributed by atoms with Crippen molar-refractivity contribution in [3.05, 3.63) is 114 Å². The van der Waals surface area contributed by atoms with Crippen LogP contribution in [-0.4, -0.2) is 70.3 Å². The van der Waals surface area contributed by atoms with Gasteiger partial charge in [-0.3, -0.25) is 4.18 Å². The van der Waals surface area contributed by atoms with Crippen LogP contribution in [0.3, 0.4) is 0 Å². The van der Waals surface area contributed by atoms with E-state index < -0.39 is 33.8 Å². The average Bonchev–Trinajstić information content (AvgIpc) is 3.07. The van der Waals surface area contributed by atoms with Crippen molar-refractivity contribution in [2.45, 2.75) is 58.0 Å². The largest absolute Gasteiger partial charge is 0.494 e. The summed E-state index contributed by atoms with van der Waals surface area (Å²) < 4.78 is 53.7. The van der Waals surface area contributed by atoms with E-state index in [1.165, 1.54) is 0 Å². The van der Waals surface area contributed by atoms with E-state index >= 15 is 0 Å². The SMILES string of the molecule is CC(C)(C)OC(=O)N1CC(COS(C)(=O)=O)C(c2ccc(OCCCOCc3ccccc3)cc2)C(OCc2ccc3ccccc3c2)C1. The Balaban J connectivity index is 1.31. The molecule has 5 rings (SSSR count). The number of nitrogens with zero attached hydrogens (tertiary/aromatic N) is 1. The molecular weight excluding hydrogens is 642 g/mol. The van der Waals surface area contributed by atoms with Gasteiger partial charge in [0.05, 0.1) is 51.9 Å². The predicted molar refractivity (Wildman–Crippen MR) is 190 cm³/mol. The van der Waals surface area contributed by atoms with E-state index in [4.69, 9.17) is 23.1 Å². The maximum atomic E-state index is 13.3. The molecule has 0 radical (unpaired) electrons. The van der Waals surface area contributed by atoms with E-state index in [1.54, 1.807) is 4.90 Å². The van der Waals surface area contributed by atoms with Crippen LogP contribution in [0.4, 0.5) is 4.79 Å². The van der Waals surface area contributed by atoms with Crippen LogP contribution in [0.2, 0.25) is 0 Å². The normalized spacial score (nSPS) is 18.4. The molecule has 9 nitrogen and oxygen atoms in total. The number of hydrogen-bond donors (Lipinski definition) is 0. The van der Waals surface area contributed by atoms with Crippen LogP contribution >= 0.6 is 0 Å². The van der Waals surface area contributed by atoms with Crippen LogP contribution in [0.1, 0.15) is 49.8 Å². The van der Waals surface area contributed by atoms with Crippen LogP contribution in [0.15, 0.2) is 97.1 Å². The van der Waals surface area contributed by atoms with Gasteiger partial charge in [0.25, 0.3) is 10.1 Å². The van der Waals surface area contributed by atoms with E-state index in [2.05, 4.69) is 24.3 Å². The Labute approximate surface area is 290 Å². The minimum absolute atomic E-state index is 0.111. The molecule has 0 aromatic heterocycles. The molecule has 0 saturated carbocycles. The molecule has 0 aliphatic carbocycles. The highest BCUT2D eigenvalue weighted by molar-refractivity contribution is 7.85. The summed E-state index contributed by atoms with van der Waals surface area (Å²) in [7, 11) is -3.73. The summed E-state index contributed by atoms with van der Waals surface area (Å²) in [4.78, 5) is 14.9. The van der Waals surface area contributed by atoms with E-state index in [9.17, 15) is 13.2 Å². The molecule has 1 aliphatic heterocycles. The summed E-state index contributed by atoms with van der Waals surface area (Å²) in [5, 5.41) is 2.25. The molecule has 4 aromatic carbocycles. The lowest BCUT2D eigenvalue weighted by atomic mass is 9.79. The lowest BCUT2D eigenvalue weighted by Gasteiger charge is -2.43. The molecule has 1 fully saturated rings. The number of hydrogen-bond acceptors (Lipinski definition) is 8. The van der Waals surface area contributed by atoms with E-state index in [0.29, 0.717) is 26.4 Å². The zero-order valence-electron chi connectivity index (χ0n) is 28.7. The fraction of sp³-hybridized carbons (Fsp3) is 0.410. The number of piperidine rings is 1. The van der Waals surface area contributed by atoms with Gasteiger partial charge in [-0.1, -0.05) is 78.9 Å². The van der Waals surface area contributed by atoms with Crippen molar-refractivity contribution in [2.24, 2.45) is 5.92 Å². The van der Waals surface area contributed by atoms with Crippen LogP contribution in [0, 0.1) is 5.92 Å². The molecule has 49 heavy (non-hydrogen) atoms. The number of carbonyl (C=O) groups excluding carboxylic acids is 1. The van der Waals surface area contributed by atoms with Gasteiger partial charge in [0.1, 0.15) is 11.4 Å². The molecule has 4 aromatic rings. The van der Waals surface area contributed by atoms with Gasteiger partial charge >= 0.3 is 6.09 Å². The van der Waals surface area contributed by atoms with Gasteiger partial charge in [-0.05, 0) is 66.4 Å². The molecule has 1 amide bonds. The smallest absolute Gasteiger partial charge is 0.410 e. The van der Waals surface area contributed by atoms with Crippen molar-refractivity contribution < 1.29 is 36.3 Å². The van der Waals surface area contributed by atoms with E-state index in [-0.39, 0.29) is 25.6 Å². The lowest BCUT2D eigenvalue weighted by Crippen LogP contribution is -2.53. The zero-order chi connectivity index (χ0) is 34.9. The number of fused-ring (bicyclic) bond motifs is 1. The van der Waals surface area contributed by atoms with Crippen LogP contribution in [-0.2, 0) is 41.7 Å². The lowest BCUT2D eigenvalue weighted by molar-refractivity contribution is -0.0581. The average molecular weight is 690 g/mol. The minimum atomic E-state index is -3.73. The second-order valence-electron chi connectivity index (χ2n) is 13.5. The van der Waals surface area contributed by atoms with Gasteiger partial charge in [-0.15, -0.1) is 0 Å². The van der Waals surface area contributed by atoms with Crippen molar-refractivity contribution in [3.63, 3.8) is 0 Å². The number of likely N-dealkylation sites (tertiary alicyclic amines) is 1. The number of rotatable bonds is 14. The first kappa shape index (κ1) is 36.3. The monoisotopic (exact) mass is 689 g/mol. The van der Waals surface area contributed by atoms with Crippen molar-refractivity contribution in [1.82, 2.24) is 4.90 Å². The number of ether oxygens (including phenoxy) is 4. The molecule has 10 heteroatoms. The third-order valence-electron chi connectivity index (χ3n) is 8.27. The third kappa shape index (κ3) is 11.3. The standard InChI is InChI=1S/C39H47NO8S/c1-39(2,3)48-38(41)40-24-34(28-47-49(4,42)43)37(36(25-40)46-27-30-15-16-31-13-8-9-14-33(31)23-30)32-17-19-35(20-18-32)45-22-10-21-44-26-29-11-6-5-7-12-29/h5-9,11-20,23,34,36-37H,10,21-22,24-28H2,1-4H3. The Morgan fingerprint density at radius 1 is 0.816 bits per heavy atom. The first-order valence-electron chi connectivity index (χ1n) is 16.7. The summed E-state index contributed by atoms with van der Waals surface area (Å²) in [6.45, 7) is 7.81. The Kier molecular flexibility index (Phi) is 12.3. The Morgan fingerprint density at radius 2 is 1.53 bits per heavy atom. The zero-order valence-corrected chi connectivity index (χ0v) is 29.6. The summed E-state index contributed by atoms with van der Waals surface area (Å²) >= 11 is 0. The fourth-order valence-corrected chi connectivity index (χ4v) is 6.45. The molecule has 1 saturated heterocycles. The van der Waals surface area contributed by atoms with Gasteiger partial charge in [-0.25, -0.2) is 4.79 Å². The van der Waals surface area contributed by atoms with E-state index in [1.807, 2.05) is 93.6 Å². The van der Waals surface area contributed by atoms with Gasteiger partial charge in [-0.2, -0.15) is 8.42 Å². The summed E-state index contributed by atoms with van der Waals surface area (Å²) in [6, 6.07) is 32.2. The van der Waals surface area contributed by atoms with Gasteiger partial charge < -0.3 is 23.8 Å². The number of carbonyl (C=O) groups is 1. The Bertz CT molecular complexity index is 1760. The highest BCUT2D eigenvalue weighted by atomic mass is 32.2. The molecule has 0 spiro atoms. The number of amides is 1. The van der Waals surface area contributed by atoms with Crippen LogP contribution in [0.25, 0.3) is 10.8 Å². The topological polar surface area (TPSA) is 101 Å². The van der Waals surface area contributed by atoms with E-state index in [0.717, 1.165) is 45.9 Å². The Hall–Kier alpha value is -3.96. The maximum absolute atomic E-state index is 13.3. The summed E-state index contributed by atoms with van der Waals surface area (Å²) in [5.74, 6) is 0.0445. The molecule has 3 atom stereocenters. The maximum Gasteiger partial charge on any atom is 0.410 e. The highest BCUT2D eigenvalue weighted by Gasteiger charge is 2.42. The Morgan fingerprint density at radius 3 is 2.24 bits per heavy atom. The fourth-order valence-electron chi connectivity index (χ4n) is 6.02. The van der Waals surface area contributed by atoms with Crippen molar-refractivity contribution >= 4 is 27.0 Å². The third-order valence-corrected chi connectivity index (χ3v) is 8.83. The highest BCUT2D eigenvalue weighted by Crippen LogP contribution is 2.37. The van der Waals surface area contributed by atoms with Gasteiger partial charge in [0, 0.05) is 24.8 Å². The van der Waals surface area contributed by atoms with Crippen molar-refractivity contribution in [1.29, 1.82) is 0 Å². The van der Waals surface area contributed by atoms with Gasteiger partial charge in [0.2, 0.25) is 0 Å². The van der Waals surface area contributed by atoms with Gasteiger partial charge in [0.15, 0.2) is 0 Å². The molecule has 262 valence electrons. The van der Waals surface area contributed by atoms with Crippen LogP contribution < -0.4 is 4.74 Å². The molecule has 0 N–H and O–H groups in total. The van der Waals surface area contributed by atoms with Crippen LogP contribution in [0.5, 0.6) is 5.75 Å². The van der Waals surface area contributed by atoms with Crippen molar-refractivity contribution in [2.75, 3.05) is 39.2 Å². The molecule has 3 unspecified atom stereocenters. The first-order valence-corrected chi connectivity index (χ1v) is 18.5. The molecule has 1 heterocycles. The molecular formula is C39H47NO8S. The summed E-state index contributed by atoms with van der Waals surface area (Å²) in [5.41, 5.74) is 2.37. The predicted octanol–water partition coefficient (Wildman–Crippen LogP) is 7.34. The first-order chi connectivity index (χ1) is 23.4. The molecule has 1 aliphatic rings. The van der Waals surface area contributed by atoms with Crippen molar-refractivity contribution in [3.8, 4) is 5.75 Å². The second-order valence-corrected chi connectivity index (χ2v) is 15.1.